The van der Waals surface area contributed by atoms with E-state index in [-0.39, 0.29) is 17.1 Å². The second-order valence-corrected chi connectivity index (χ2v) is 12.2. The zero-order valence-electron chi connectivity index (χ0n) is 15.3. The summed E-state index contributed by atoms with van der Waals surface area (Å²) in [5.74, 6) is 2.99. The van der Waals surface area contributed by atoms with Crippen molar-refractivity contribution in [2.45, 2.75) is 65.3 Å². The van der Waals surface area contributed by atoms with E-state index in [9.17, 15) is 4.79 Å². The molecule has 0 heterocycles. The number of hydrogen-bond acceptors (Lipinski definition) is 3. The molecule has 0 spiro atoms. The molecule has 0 bridgehead atoms. The number of esters is 1. The van der Waals surface area contributed by atoms with Crippen molar-refractivity contribution in [2.24, 2.45) is 0 Å². The van der Waals surface area contributed by atoms with E-state index >= 15 is 0 Å². The molecule has 1 atom stereocenters. The number of ether oxygens (including phenoxy) is 1. The molecule has 23 heavy (non-hydrogen) atoms. The molecule has 0 aliphatic rings. The molecule has 1 rings (SSSR count). The van der Waals surface area contributed by atoms with E-state index in [1.807, 2.05) is 25.1 Å². The fraction of sp³-hybridized carbons (Fsp3) is 0.526. The Bertz CT molecular complexity index is 606. The molecule has 0 amide bonds. The van der Waals surface area contributed by atoms with E-state index in [1.54, 1.807) is 0 Å². The molecule has 3 nitrogen and oxygen atoms in total. The lowest BCUT2D eigenvalue weighted by molar-refractivity contribution is -0.131. The lowest BCUT2D eigenvalue weighted by atomic mass is 10.1. The number of carbonyl (C=O) groups excluding carboxylic acids is 1. The monoisotopic (exact) mass is 332 g/mol. The molecule has 0 radical (unpaired) electrons. The van der Waals surface area contributed by atoms with Gasteiger partial charge in [0.15, 0.2) is 8.32 Å². The Morgan fingerprint density at radius 3 is 2.39 bits per heavy atom. The van der Waals surface area contributed by atoms with E-state index in [0.717, 1.165) is 11.1 Å². The van der Waals surface area contributed by atoms with Gasteiger partial charge in [0, 0.05) is 13.3 Å². The van der Waals surface area contributed by atoms with E-state index in [1.165, 1.54) is 6.92 Å². The van der Waals surface area contributed by atoms with Gasteiger partial charge in [-0.3, -0.25) is 4.79 Å². The molecule has 0 saturated heterocycles. The summed E-state index contributed by atoms with van der Waals surface area (Å²) < 4.78 is 11.5. The second kappa shape index (κ2) is 7.33. The van der Waals surface area contributed by atoms with E-state index in [4.69, 9.17) is 15.6 Å². The van der Waals surface area contributed by atoms with Gasteiger partial charge in [0.1, 0.15) is 11.9 Å². The maximum atomic E-state index is 11.1. The predicted octanol–water partition coefficient (Wildman–Crippen LogP) is 4.49. The smallest absolute Gasteiger partial charge is 0.308 e. The molecule has 0 aliphatic heterocycles. The maximum absolute atomic E-state index is 11.1. The summed E-state index contributed by atoms with van der Waals surface area (Å²) >= 11 is 0. The van der Waals surface area contributed by atoms with Crippen molar-refractivity contribution in [2.75, 3.05) is 0 Å². The highest BCUT2D eigenvalue weighted by molar-refractivity contribution is 6.74. The van der Waals surface area contributed by atoms with Crippen molar-refractivity contribution in [3.8, 4) is 18.1 Å². The van der Waals surface area contributed by atoms with Crippen molar-refractivity contribution in [3.05, 3.63) is 29.3 Å². The second-order valence-electron chi connectivity index (χ2n) is 7.49. The highest BCUT2D eigenvalue weighted by Gasteiger charge is 2.38. The van der Waals surface area contributed by atoms with Crippen molar-refractivity contribution in [3.63, 3.8) is 0 Å². The van der Waals surface area contributed by atoms with Crippen LogP contribution in [0, 0.1) is 19.3 Å². The van der Waals surface area contributed by atoms with Gasteiger partial charge >= 0.3 is 5.97 Å². The van der Waals surface area contributed by atoms with Gasteiger partial charge in [0.05, 0.1) is 0 Å². The average Bonchev–Trinajstić information content (AvgIpc) is 2.34. The molecule has 0 aliphatic carbocycles. The Labute approximate surface area is 141 Å². The number of benzene rings is 1. The van der Waals surface area contributed by atoms with Crippen molar-refractivity contribution < 1.29 is 14.0 Å². The quantitative estimate of drug-likeness (QED) is 0.345. The molecule has 0 saturated carbocycles. The van der Waals surface area contributed by atoms with Gasteiger partial charge < -0.3 is 9.16 Å². The number of carbonyl (C=O) groups is 1. The summed E-state index contributed by atoms with van der Waals surface area (Å²) in [4.78, 5) is 11.1. The molecule has 126 valence electrons. The topological polar surface area (TPSA) is 35.5 Å². The van der Waals surface area contributed by atoms with Crippen LogP contribution in [0.25, 0.3) is 0 Å². The van der Waals surface area contributed by atoms with Gasteiger partial charge in [-0.25, -0.2) is 0 Å². The third-order valence-corrected chi connectivity index (χ3v) is 8.71. The van der Waals surface area contributed by atoms with Crippen LogP contribution in [0.3, 0.4) is 0 Å². The number of rotatable bonds is 5. The maximum Gasteiger partial charge on any atom is 0.308 e. The van der Waals surface area contributed by atoms with E-state index < -0.39 is 8.32 Å². The van der Waals surface area contributed by atoms with Gasteiger partial charge in [-0.15, -0.1) is 6.42 Å². The van der Waals surface area contributed by atoms with Crippen LogP contribution in [-0.4, -0.2) is 20.4 Å². The molecule has 0 aromatic heterocycles. The molecule has 1 aromatic rings. The van der Waals surface area contributed by atoms with Crippen molar-refractivity contribution in [1.82, 2.24) is 0 Å². The first-order chi connectivity index (χ1) is 10.4. The minimum Gasteiger partial charge on any atom is -0.427 e. The van der Waals surface area contributed by atoms with E-state index in [0.29, 0.717) is 12.2 Å². The van der Waals surface area contributed by atoms with Gasteiger partial charge in [-0.05, 0) is 48.3 Å². The lowest BCUT2D eigenvalue weighted by Gasteiger charge is -2.38. The van der Waals surface area contributed by atoms with Crippen LogP contribution < -0.4 is 4.74 Å². The Morgan fingerprint density at radius 1 is 1.30 bits per heavy atom. The van der Waals surface area contributed by atoms with Crippen molar-refractivity contribution >= 4 is 14.3 Å². The molecule has 0 unspecified atom stereocenters. The zero-order valence-corrected chi connectivity index (χ0v) is 16.3. The largest absolute Gasteiger partial charge is 0.427 e. The van der Waals surface area contributed by atoms with Gasteiger partial charge in [-0.2, -0.15) is 0 Å². The normalized spacial score (nSPS) is 13.3. The molecule has 0 N–H and O–H groups in total. The first-order valence-electron chi connectivity index (χ1n) is 7.87. The molecule has 0 fully saturated rings. The van der Waals surface area contributed by atoms with Crippen LogP contribution >= 0.6 is 0 Å². The lowest BCUT2D eigenvalue weighted by Crippen LogP contribution is -2.44. The summed E-state index contributed by atoms with van der Waals surface area (Å²) in [6.07, 6.45) is 6.02. The summed E-state index contributed by atoms with van der Waals surface area (Å²) in [5, 5.41) is 0.109. The van der Waals surface area contributed by atoms with Gasteiger partial charge in [0.2, 0.25) is 0 Å². The van der Waals surface area contributed by atoms with Crippen LogP contribution in [0.1, 0.15) is 38.8 Å². The van der Waals surface area contributed by atoms with Crippen LogP contribution in [0.5, 0.6) is 5.75 Å². The fourth-order valence-electron chi connectivity index (χ4n) is 2.05. The molecule has 4 heteroatoms. The number of hydrogen-bond donors (Lipinski definition) is 0. The standard InChI is InChI=1S/C19H28O3Si/c1-9-17(22-23(7,8)19(4,5)6)12-16-10-14(2)11-18(13-16)21-15(3)20/h1,10-11,13,17H,12H2,2-8H3/t17-/m0/s1. The highest BCUT2D eigenvalue weighted by atomic mass is 28.4. The third kappa shape index (κ3) is 5.85. The minimum absolute atomic E-state index is 0.109. The average molecular weight is 333 g/mol. The summed E-state index contributed by atoms with van der Waals surface area (Å²) in [5.41, 5.74) is 2.05. The van der Waals surface area contributed by atoms with Crippen molar-refractivity contribution in [1.29, 1.82) is 0 Å². The first-order valence-corrected chi connectivity index (χ1v) is 10.8. The Balaban J connectivity index is 2.94. The van der Waals surface area contributed by atoms with Gasteiger partial charge in [0.25, 0.3) is 0 Å². The Morgan fingerprint density at radius 2 is 1.91 bits per heavy atom. The summed E-state index contributed by atoms with van der Waals surface area (Å²) in [6, 6.07) is 5.74. The first kappa shape index (κ1) is 19.5. The minimum atomic E-state index is -1.92. The van der Waals surface area contributed by atoms with Crippen LogP contribution in [-0.2, 0) is 15.6 Å². The number of terminal acetylenes is 1. The predicted molar refractivity (Wildman–Crippen MR) is 97.1 cm³/mol. The summed E-state index contributed by atoms with van der Waals surface area (Å²) in [6.45, 7) is 14.3. The van der Waals surface area contributed by atoms with Gasteiger partial charge in [-0.1, -0.05) is 32.8 Å². The SMILES string of the molecule is C#C[C@@H](Cc1cc(C)cc(OC(C)=O)c1)O[Si](C)(C)C(C)(C)C. The Kier molecular flexibility index (Phi) is 6.21. The highest BCUT2D eigenvalue weighted by Crippen LogP contribution is 2.37. The number of aryl methyl sites for hydroxylation is 1. The molecular formula is C19H28O3Si. The third-order valence-electron chi connectivity index (χ3n) is 4.22. The molecular weight excluding hydrogens is 304 g/mol. The molecule has 1 aromatic carbocycles. The van der Waals surface area contributed by atoms with Crippen LogP contribution in [0.15, 0.2) is 18.2 Å². The van der Waals surface area contributed by atoms with Crippen LogP contribution in [0.4, 0.5) is 0 Å². The van der Waals surface area contributed by atoms with Crippen LogP contribution in [0.2, 0.25) is 18.1 Å². The zero-order chi connectivity index (χ0) is 17.8. The Hall–Kier alpha value is -1.57. The summed E-state index contributed by atoms with van der Waals surface area (Å²) in [7, 11) is -1.92. The fourth-order valence-corrected chi connectivity index (χ4v) is 3.26. The van der Waals surface area contributed by atoms with E-state index in [2.05, 4.69) is 39.8 Å².